The molecule has 1 aromatic carbocycles. The van der Waals surface area contributed by atoms with E-state index in [0.29, 0.717) is 11.3 Å². The van der Waals surface area contributed by atoms with Crippen LogP contribution < -0.4 is 15.5 Å². The van der Waals surface area contributed by atoms with Crippen LogP contribution in [0.25, 0.3) is 0 Å². The number of thioether (sulfide) groups is 1. The Kier molecular flexibility index (Phi) is 3.60. The highest BCUT2D eigenvalue weighted by Crippen LogP contribution is 2.13. The van der Waals surface area contributed by atoms with Gasteiger partial charge in [0.2, 0.25) is 5.27 Å². The monoisotopic (exact) mass is 291 g/mol. The predicted octanol–water partition coefficient (Wildman–Crippen LogP) is 0.460. The van der Waals surface area contributed by atoms with Gasteiger partial charge in [0.1, 0.15) is 0 Å². The molecule has 0 saturated carbocycles. The van der Waals surface area contributed by atoms with E-state index in [1.165, 1.54) is 4.79 Å². The van der Waals surface area contributed by atoms with Crippen LogP contribution in [0.5, 0.6) is 0 Å². The van der Waals surface area contributed by atoms with Gasteiger partial charge in [-0.05, 0) is 0 Å². The van der Waals surface area contributed by atoms with Gasteiger partial charge in [0.05, 0.1) is 17.9 Å². The van der Waals surface area contributed by atoms with Gasteiger partial charge in [-0.15, -0.1) is 0 Å². The molecule has 6 nitrogen and oxygen atoms in total. The molecule has 1 saturated heterocycles. The van der Waals surface area contributed by atoms with Crippen LogP contribution in [0.1, 0.15) is 16.1 Å². The molecule has 0 amide bonds. The summed E-state index contributed by atoms with van der Waals surface area (Å²) in [6.45, 7) is 1.63. The van der Waals surface area contributed by atoms with E-state index in [-0.39, 0.29) is 11.7 Å². The van der Waals surface area contributed by atoms with E-state index in [1.807, 2.05) is 35.0 Å². The van der Waals surface area contributed by atoms with E-state index < -0.39 is 0 Å². The molecule has 0 aliphatic carbocycles. The number of aromatic nitrogens is 2. The highest BCUT2D eigenvalue weighted by atomic mass is 32.2. The summed E-state index contributed by atoms with van der Waals surface area (Å²) in [4.78, 5) is 14.1. The first-order valence-electron chi connectivity index (χ1n) is 6.37. The highest BCUT2D eigenvalue weighted by molar-refractivity contribution is 7.99. The Hall–Kier alpha value is -2.02. The Morgan fingerprint density at radius 2 is 2.00 bits per heavy atom. The van der Waals surface area contributed by atoms with Crippen LogP contribution in [0.3, 0.4) is 0 Å². The molecule has 1 aliphatic heterocycles. The fraction of sp³-hybridized carbons (Fsp3) is 0.308. The first-order valence-corrected chi connectivity index (χ1v) is 7.53. The summed E-state index contributed by atoms with van der Waals surface area (Å²) in [6, 6.07) is 9.01. The Balaban J connectivity index is 1.96. The molecule has 2 heterocycles. The first kappa shape index (κ1) is 13.0. The summed E-state index contributed by atoms with van der Waals surface area (Å²) in [5.74, 6) is 1.87. The summed E-state index contributed by atoms with van der Waals surface area (Å²) in [7, 11) is 0. The van der Waals surface area contributed by atoms with Gasteiger partial charge in [0.25, 0.3) is 5.78 Å². The molecule has 7 heteroatoms. The standard InChI is InChI=1S/C13H14N4O2S/c14-13-11(12(18)10-4-2-1-3-5-10)17(15-19-13)16-6-8-20-9-7-16/h1-5H,6-9H2,(H-,14,15,18)/p+1. The lowest BCUT2D eigenvalue weighted by Gasteiger charge is -2.18. The number of nitrogens with two attached hydrogens (primary N) is 1. The molecule has 0 atom stereocenters. The molecule has 0 bridgehead atoms. The van der Waals surface area contributed by atoms with Gasteiger partial charge in [0.15, 0.2) is 0 Å². The lowest BCUT2D eigenvalue weighted by Crippen LogP contribution is -2.64. The number of rotatable bonds is 3. The van der Waals surface area contributed by atoms with Crippen LogP contribution in [0, 0.1) is 0 Å². The summed E-state index contributed by atoms with van der Waals surface area (Å²) in [5.41, 5.74) is 6.65. The second-order valence-corrected chi connectivity index (χ2v) is 5.66. The molecule has 3 rings (SSSR count). The minimum atomic E-state index is -0.178. The molecule has 0 unspecified atom stereocenters. The maximum atomic E-state index is 12.6. The van der Waals surface area contributed by atoms with Gasteiger partial charge in [-0.2, -0.15) is 16.8 Å². The minimum Gasteiger partial charge on any atom is -0.361 e. The van der Waals surface area contributed by atoms with Gasteiger partial charge < -0.3 is 5.73 Å². The molecule has 0 spiro atoms. The molecule has 1 aromatic heterocycles. The molecule has 2 N–H and O–H groups in total. The summed E-state index contributed by atoms with van der Waals surface area (Å²) in [6.07, 6.45) is 0. The number of nitrogen functional groups attached to an aromatic ring is 1. The third-order valence-corrected chi connectivity index (χ3v) is 4.10. The van der Waals surface area contributed by atoms with Crippen molar-refractivity contribution < 1.29 is 14.1 Å². The molecular formula is C13H15N4O2S+. The quantitative estimate of drug-likeness (QED) is 0.654. The van der Waals surface area contributed by atoms with E-state index >= 15 is 0 Å². The van der Waals surface area contributed by atoms with Crippen LogP contribution >= 0.6 is 11.8 Å². The second kappa shape index (κ2) is 5.54. The lowest BCUT2D eigenvalue weighted by atomic mass is 10.1. The molecule has 20 heavy (non-hydrogen) atoms. The SMILES string of the molecule is Nc1on[n+](N2CCSCC2)c1C(=O)c1ccccc1. The van der Waals surface area contributed by atoms with Crippen LogP contribution in [-0.4, -0.2) is 35.6 Å². The Morgan fingerprint density at radius 3 is 2.70 bits per heavy atom. The number of carbonyl (C=O) groups excluding carboxylic acids is 1. The average molecular weight is 291 g/mol. The van der Waals surface area contributed by atoms with Crippen molar-refractivity contribution in [3.63, 3.8) is 0 Å². The van der Waals surface area contributed by atoms with Crippen molar-refractivity contribution in [3.05, 3.63) is 41.6 Å². The van der Waals surface area contributed by atoms with Gasteiger partial charge in [0, 0.05) is 17.1 Å². The topological polar surface area (TPSA) is 76.2 Å². The average Bonchev–Trinajstić information content (AvgIpc) is 2.90. The van der Waals surface area contributed by atoms with Crippen molar-refractivity contribution in [2.75, 3.05) is 35.3 Å². The smallest absolute Gasteiger partial charge is 0.361 e. The van der Waals surface area contributed by atoms with Crippen molar-refractivity contribution in [2.24, 2.45) is 0 Å². The van der Waals surface area contributed by atoms with Crippen molar-refractivity contribution in [1.29, 1.82) is 0 Å². The van der Waals surface area contributed by atoms with Crippen molar-refractivity contribution in [1.82, 2.24) is 5.27 Å². The van der Waals surface area contributed by atoms with Crippen LogP contribution in [0.2, 0.25) is 0 Å². The number of nitrogens with zero attached hydrogens (tertiary/aromatic N) is 3. The minimum absolute atomic E-state index is 0.0529. The third kappa shape index (κ3) is 2.36. The Morgan fingerprint density at radius 1 is 1.30 bits per heavy atom. The van der Waals surface area contributed by atoms with Gasteiger partial charge in [-0.25, -0.2) is 0 Å². The Bertz CT molecular complexity index is 608. The molecule has 104 valence electrons. The molecule has 2 aromatic rings. The van der Waals surface area contributed by atoms with E-state index in [2.05, 4.69) is 5.27 Å². The van der Waals surface area contributed by atoms with E-state index in [0.717, 1.165) is 24.6 Å². The number of hydrogen-bond donors (Lipinski definition) is 1. The van der Waals surface area contributed by atoms with Crippen LogP contribution in [-0.2, 0) is 0 Å². The largest absolute Gasteiger partial charge is 0.378 e. The summed E-state index contributed by atoms with van der Waals surface area (Å²) in [5, 5.41) is 5.88. The number of hydrogen-bond acceptors (Lipinski definition) is 6. The number of carbonyl (C=O) groups is 1. The number of anilines is 1. The fourth-order valence-electron chi connectivity index (χ4n) is 2.13. The first-order chi connectivity index (χ1) is 9.77. The van der Waals surface area contributed by atoms with E-state index in [1.54, 1.807) is 12.1 Å². The molecule has 1 fully saturated rings. The fourth-order valence-corrected chi connectivity index (χ4v) is 3.01. The van der Waals surface area contributed by atoms with Gasteiger partial charge in [-0.3, -0.25) is 9.32 Å². The second-order valence-electron chi connectivity index (χ2n) is 4.44. The normalized spacial score (nSPS) is 15.3. The lowest BCUT2D eigenvalue weighted by molar-refractivity contribution is -0.759. The van der Waals surface area contributed by atoms with Crippen LogP contribution in [0.4, 0.5) is 5.88 Å². The van der Waals surface area contributed by atoms with Gasteiger partial charge in [-0.1, -0.05) is 30.3 Å². The maximum Gasteiger partial charge on any atom is 0.378 e. The van der Waals surface area contributed by atoms with Crippen LogP contribution in [0.15, 0.2) is 34.9 Å². The molecule has 1 aliphatic rings. The van der Waals surface area contributed by atoms with E-state index in [4.69, 9.17) is 10.3 Å². The predicted molar refractivity (Wildman–Crippen MR) is 76.3 cm³/mol. The molecular weight excluding hydrogens is 276 g/mol. The zero-order valence-corrected chi connectivity index (χ0v) is 11.7. The summed E-state index contributed by atoms with van der Waals surface area (Å²) >= 11 is 1.88. The summed E-state index contributed by atoms with van der Waals surface area (Å²) < 4.78 is 5.01. The maximum absolute atomic E-state index is 12.6. The number of ketones is 1. The molecule has 0 radical (unpaired) electrons. The Labute approximate surface area is 120 Å². The van der Waals surface area contributed by atoms with Gasteiger partial charge >= 0.3 is 11.6 Å². The zero-order chi connectivity index (χ0) is 13.9. The van der Waals surface area contributed by atoms with E-state index in [9.17, 15) is 4.79 Å². The van der Waals surface area contributed by atoms with Crippen molar-refractivity contribution in [2.45, 2.75) is 0 Å². The third-order valence-electron chi connectivity index (χ3n) is 3.16. The van der Waals surface area contributed by atoms with Crippen molar-refractivity contribution >= 4 is 23.4 Å². The van der Waals surface area contributed by atoms with Crippen molar-refractivity contribution in [3.8, 4) is 0 Å². The highest BCUT2D eigenvalue weighted by Gasteiger charge is 2.36. The zero-order valence-electron chi connectivity index (χ0n) is 10.9. The number of benzene rings is 1.